The van der Waals surface area contributed by atoms with Crippen molar-refractivity contribution in [1.82, 2.24) is 0 Å². The fourth-order valence-electron chi connectivity index (χ4n) is 3.67. The Balaban J connectivity index is 2.15. The van der Waals surface area contributed by atoms with Crippen molar-refractivity contribution in [3.05, 3.63) is 95.6 Å². The molecule has 0 fully saturated rings. The molecule has 0 aliphatic heterocycles. The molecule has 0 aromatic heterocycles. The van der Waals surface area contributed by atoms with Gasteiger partial charge >= 0.3 is 7.60 Å². The Kier molecular flexibility index (Phi) is 9.46. The van der Waals surface area contributed by atoms with Gasteiger partial charge in [0.1, 0.15) is 0 Å². The topological polar surface area (TPSA) is 66.4 Å². The second-order valence-electron chi connectivity index (χ2n) is 7.46. The first-order valence-electron chi connectivity index (χ1n) is 11.3. The summed E-state index contributed by atoms with van der Waals surface area (Å²) in [6.45, 7) is 4.11. The van der Waals surface area contributed by atoms with Crippen LogP contribution in [-0.2, 0) is 20.0 Å². The van der Waals surface area contributed by atoms with Gasteiger partial charge in [0.15, 0.2) is 17.3 Å². The van der Waals surface area contributed by atoms with Crippen LogP contribution in [0.1, 0.15) is 30.5 Å². The van der Waals surface area contributed by atoms with E-state index in [4.69, 9.17) is 23.5 Å². The Morgan fingerprint density at radius 1 is 0.794 bits per heavy atom. The summed E-state index contributed by atoms with van der Waals surface area (Å²) >= 11 is 0. The zero-order chi connectivity index (χ0) is 24.4. The average molecular weight is 482 g/mol. The van der Waals surface area contributed by atoms with Crippen LogP contribution in [0.2, 0.25) is 0 Å². The molecule has 34 heavy (non-hydrogen) atoms. The van der Waals surface area contributed by atoms with Crippen LogP contribution in [0.3, 0.4) is 0 Å². The average Bonchev–Trinajstić information content (AvgIpc) is 2.87. The largest absolute Gasteiger partial charge is 0.493 e. The van der Waals surface area contributed by atoms with Crippen LogP contribution in [0.4, 0.5) is 0 Å². The molecule has 0 N–H and O–H groups in total. The van der Waals surface area contributed by atoms with E-state index in [0.29, 0.717) is 17.9 Å². The summed E-state index contributed by atoms with van der Waals surface area (Å²) in [6, 6.07) is 25.3. The molecule has 0 heterocycles. The van der Waals surface area contributed by atoms with Gasteiger partial charge in [-0.05, 0) is 31.5 Å². The summed E-state index contributed by atoms with van der Waals surface area (Å²) in [7, 11) is -0.411. The van der Waals surface area contributed by atoms with Gasteiger partial charge in [0.25, 0.3) is 0 Å². The second kappa shape index (κ2) is 12.5. The predicted octanol–water partition coefficient (Wildman–Crippen LogP) is 6.38. The van der Waals surface area contributed by atoms with Gasteiger partial charge in [0.2, 0.25) is 0 Å². The van der Waals surface area contributed by atoms with E-state index in [0.717, 1.165) is 22.4 Å². The normalized spacial score (nSPS) is 12.1. The molecule has 3 aromatic carbocycles. The van der Waals surface area contributed by atoms with Crippen molar-refractivity contribution in [1.29, 1.82) is 0 Å². The van der Waals surface area contributed by atoms with Crippen LogP contribution < -0.4 is 9.47 Å². The van der Waals surface area contributed by atoms with Crippen LogP contribution >= 0.6 is 7.60 Å². The van der Waals surface area contributed by atoms with Gasteiger partial charge in [-0.1, -0.05) is 66.7 Å². The fraction of sp³-hybridized carbons (Fsp3) is 0.296. The number of rotatable bonds is 12. The number of hydrogen-bond acceptors (Lipinski definition) is 6. The highest BCUT2D eigenvalue weighted by Crippen LogP contribution is 2.55. The van der Waals surface area contributed by atoms with E-state index < -0.39 is 13.4 Å². The minimum atomic E-state index is -3.59. The minimum absolute atomic E-state index is 0.251. The summed E-state index contributed by atoms with van der Waals surface area (Å²) in [6.07, 6.45) is 0.334. The molecule has 0 unspecified atom stereocenters. The van der Waals surface area contributed by atoms with E-state index in [1.807, 2.05) is 78.9 Å². The van der Waals surface area contributed by atoms with Gasteiger partial charge in [-0.25, -0.2) is 0 Å². The van der Waals surface area contributed by atoms with Gasteiger partial charge in [-0.15, -0.1) is 0 Å². The summed E-state index contributed by atoms with van der Waals surface area (Å²) < 4.78 is 36.3. The Hall–Kier alpha value is -2.92. The molecule has 7 heteroatoms. The van der Waals surface area contributed by atoms with Crippen molar-refractivity contribution >= 4 is 13.3 Å². The highest BCUT2D eigenvalue weighted by atomic mass is 31.2. The fourth-order valence-corrected chi connectivity index (χ4v) is 5.50. The Morgan fingerprint density at radius 2 is 1.32 bits per heavy atom. The van der Waals surface area contributed by atoms with Crippen LogP contribution in [-0.4, -0.2) is 38.9 Å². The predicted molar refractivity (Wildman–Crippen MR) is 136 cm³/mol. The van der Waals surface area contributed by atoms with E-state index in [-0.39, 0.29) is 13.2 Å². The maximum atomic E-state index is 14.0. The van der Waals surface area contributed by atoms with Crippen molar-refractivity contribution in [3.8, 4) is 11.5 Å². The number of ether oxygens (including phenoxy) is 2. The van der Waals surface area contributed by atoms with E-state index in [9.17, 15) is 4.57 Å². The Labute approximate surface area is 202 Å². The van der Waals surface area contributed by atoms with E-state index >= 15 is 0 Å². The summed E-state index contributed by atoms with van der Waals surface area (Å²) in [5, 5.41) is 0. The molecule has 6 nitrogen and oxygen atoms in total. The lowest BCUT2D eigenvalue weighted by molar-refractivity contribution is 0.212. The molecule has 3 aromatic rings. The van der Waals surface area contributed by atoms with Crippen molar-refractivity contribution in [2.45, 2.75) is 26.1 Å². The molecule has 1 atom stereocenters. The van der Waals surface area contributed by atoms with E-state index in [1.54, 1.807) is 28.1 Å². The quantitative estimate of drug-likeness (QED) is 0.222. The molecule has 3 rings (SSSR count). The van der Waals surface area contributed by atoms with Crippen LogP contribution in [0, 0.1) is 0 Å². The molecule has 0 bridgehead atoms. The summed E-state index contributed by atoms with van der Waals surface area (Å²) in [5.41, 5.74) is 3.45. The molecule has 0 spiro atoms. The van der Waals surface area contributed by atoms with E-state index in [2.05, 4.69) is 0 Å². The third-order valence-corrected chi connectivity index (χ3v) is 7.49. The number of aliphatic imine (C=N–C) groups is 1. The first kappa shape index (κ1) is 25.7. The van der Waals surface area contributed by atoms with Gasteiger partial charge in [0, 0.05) is 17.5 Å². The van der Waals surface area contributed by atoms with Crippen molar-refractivity contribution in [2.24, 2.45) is 4.99 Å². The number of methoxy groups -OCH3 is 2. The highest BCUT2D eigenvalue weighted by molar-refractivity contribution is 7.54. The second-order valence-corrected chi connectivity index (χ2v) is 9.65. The monoisotopic (exact) mass is 481 g/mol. The molecule has 180 valence electrons. The van der Waals surface area contributed by atoms with Gasteiger partial charge in [-0.2, -0.15) is 0 Å². The van der Waals surface area contributed by atoms with Crippen molar-refractivity contribution in [2.75, 3.05) is 27.4 Å². The van der Waals surface area contributed by atoms with Crippen LogP contribution in [0.15, 0.2) is 83.9 Å². The maximum Gasteiger partial charge on any atom is 0.355 e. The molecule has 0 saturated heterocycles. The van der Waals surface area contributed by atoms with Crippen LogP contribution in [0.25, 0.3) is 0 Å². The van der Waals surface area contributed by atoms with Gasteiger partial charge in [-0.3, -0.25) is 9.56 Å². The first-order chi connectivity index (χ1) is 16.5. The molecular weight excluding hydrogens is 449 g/mol. The van der Waals surface area contributed by atoms with Crippen molar-refractivity contribution < 1.29 is 23.1 Å². The molecule has 0 aliphatic rings. The number of hydrogen-bond donors (Lipinski definition) is 0. The SMILES string of the molecule is CCOP(=O)(OCC)[C@H](Cc1ccc(OC)c(OC)c1)N=C(c1ccccc1)c1ccccc1. The smallest absolute Gasteiger partial charge is 0.355 e. The third-order valence-electron chi connectivity index (χ3n) is 5.22. The Morgan fingerprint density at radius 3 is 1.79 bits per heavy atom. The van der Waals surface area contributed by atoms with E-state index in [1.165, 1.54) is 0 Å². The molecular formula is C27H32NO5P. The number of benzene rings is 3. The summed E-state index contributed by atoms with van der Waals surface area (Å²) in [4.78, 5) is 5.05. The molecule has 0 aliphatic carbocycles. The highest BCUT2D eigenvalue weighted by Gasteiger charge is 2.36. The minimum Gasteiger partial charge on any atom is -0.493 e. The zero-order valence-electron chi connectivity index (χ0n) is 20.1. The number of nitrogens with zero attached hydrogens (tertiary/aromatic N) is 1. The Bertz CT molecular complexity index is 1070. The van der Waals surface area contributed by atoms with Gasteiger partial charge in [0.05, 0.1) is 33.1 Å². The lowest BCUT2D eigenvalue weighted by atomic mass is 10.0. The summed E-state index contributed by atoms with van der Waals surface area (Å²) in [5.74, 6) is 0.455. The molecule has 0 saturated carbocycles. The van der Waals surface area contributed by atoms with Gasteiger partial charge < -0.3 is 18.5 Å². The van der Waals surface area contributed by atoms with Crippen LogP contribution in [0.5, 0.6) is 11.5 Å². The maximum absolute atomic E-state index is 14.0. The standard InChI is InChI=1S/C27H32NO5P/c1-5-32-34(29,33-6-2)26(20-21-17-18-24(30-3)25(19-21)31-4)28-27(22-13-9-7-10-14-22)23-15-11-8-12-16-23/h7-19,26H,5-6,20H2,1-4H3/t26-/m1/s1. The molecule has 0 radical (unpaired) electrons. The zero-order valence-corrected chi connectivity index (χ0v) is 21.0. The molecule has 0 amide bonds. The third kappa shape index (κ3) is 6.35. The lowest BCUT2D eigenvalue weighted by Gasteiger charge is -2.25. The lowest BCUT2D eigenvalue weighted by Crippen LogP contribution is -2.18. The van der Waals surface area contributed by atoms with Crippen molar-refractivity contribution in [3.63, 3.8) is 0 Å². The first-order valence-corrected chi connectivity index (χ1v) is 12.9.